The topological polar surface area (TPSA) is 38.0 Å². The van der Waals surface area contributed by atoms with Crippen molar-refractivity contribution in [3.63, 3.8) is 0 Å². The normalized spacial score (nSPS) is 10.8. The van der Waals surface area contributed by atoms with Gasteiger partial charge in [0.15, 0.2) is 0 Å². The average molecular weight is 274 g/mol. The minimum absolute atomic E-state index is 0.286. The molecule has 0 aliphatic carbocycles. The Morgan fingerprint density at radius 2 is 2.25 bits per heavy atom. The molecule has 0 aliphatic heterocycles. The Kier molecular flexibility index (Phi) is 1.71. The molecule has 0 bridgehead atoms. The predicted molar refractivity (Wildman–Crippen MR) is 55.1 cm³/mol. The number of phenolic OH excluding ortho intramolecular Hbond substituents is 1. The third kappa shape index (κ3) is 1.06. The summed E-state index contributed by atoms with van der Waals surface area (Å²) in [5, 5.41) is 14.4. The molecule has 0 fully saturated rings. The Balaban J connectivity index is 2.90. The summed E-state index contributed by atoms with van der Waals surface area (Å²) >= 11 is 2.15. The van der Waals surface area contributed by atoms with E-state index in [4.69, 9.17) is 0 Å². The molecular weight excluding hydrogens is 267 g/mol. The number of phenols is 1. The van der Waals surface area contributed by atoms with Crippen molar-refractivity contribution in [3.05, 3.63) is 21.9 Å². The van der Waals surface area contributed by atoms with Gasteiger partial charge in [0.1, 0.15) is 9.45 Å². The molecule has 1 heterocycles. The molecule has 1 N–H and O–H groups in total. The first-order valence-corrected chi connectivity index (χ1v) is 4.57. The Morgan fingerprint density at radius 3 is 3.00 bits per heavy atom. The molecule has 62 valence electrons. The van der Waals surface area contributed by atoms with Crippen molar-refractivity contribution >= 4 is 33.5 Å². The number of benzene rings is 1. The van der Waals surface area contributed by atoms with Gasteiger partial charge in [0.25, 0.3) is 0 Å². The van der Waals surface area contributed by atoms with Gasteiger partial charge in [0.05, 0.1) is 5.52 Å². The molecule has 2 rings (SSSR count). The van der Waals surface area contributed by atoms with Crippen LogP contribution in [0, 0.1) is 3.70 Å². The van der Waals surface area contributed by atoms with Crippen LogP contribution in [0.25, 0.3) is 10.9 Å². The van der Waals surface area contributed by atoms with Crippen LogP contribution in [-0.4, -0.2) is 14.9 Å². The molecule has 12 heavy (non-hydrogen) atoms. The minimum Gasteiger partial charge on any atom is -0.508 e. The van der Waals surface area contributed by atoms with E-state index in [1.54, 1.807) is 16.8 Å². The van der Waals surface area contributed by atoms with Crippen LogP contribution in [0.5, 0.6) is 5.75 Å². The van der Waals surface area contributed by atoms with E-state index in [2.05, 4.69) is 27.7 Å². The second-order valence-electron chi connectivity index (χ2n) is 2.62. The molecule has 0 atom stereocenters. The van der Waals surface area contributed by atoms with Crippen LogP contribution in [0.2, 0.25) is 0 Å². The van der Waals surface area contributed by atoms with Crippen molar-refractivity contribution in [2.45, 2.75) is 0 Å². The predicted octanol–water partition coefficient (Wildman–Crippen LogP) is 1.88. The summed E-state index contributed by atoms with van der Waals surface area (Å²) in [6.45, 7) is 0. The van der Waals surface area contributed by atoms with Crippen LogP contribution in [-0.2, 0) is 7.05 Å². The van der Waals surface area contributed by atoms with Crippen molar-refractivity contribution in [2.24, 2.45) is 7.05 Å². The highest BCUT2D eigenvalue weighted by Crippen LogP contribution is 2.23. The highest BCUT2D eigenvalue weighted by atomic mass is 127. The van der Waals surface area contributed by atoms with Gasteiger partial charge in [-0.25, -0.2) is 0 Å². The molecule has 0 saturated heterocycles. The molecular formula is C8H7IN2O. The smallest absolute Gasteiger partial charge is 0.131 e. The van der Waals surface area contributed by atoms with Crippen molar-refractivity contribution in [1.29, 1.82) is 0 Å². The maximum absolute atomic E-state index is 9.22. The number of rotatable bonds is 0. The van der Waals surface area contributed by atoms with Gasteiger partial charge >= 0.3 is 0 Å². The lowest BCUT2D eigenvalue weighted by molar-refractivity contribution is 0.476. The summed E-state index contributed by atoms with van der Waals surface area (Å²) < 4.78 is 2.72. The third-order valence-corrected chi connectivity index (χ3v) is 2.59. The van der Waals surface area contributed by atoms with Crippen LogP contribution in [0.15, 0.2) is 18.2 Å². The summed E-state index contributed by atoms with van der Waals surface area (Å²) in [5.41, 5.74) is 1.04. The lowest BCUT2D eigenvalue weighted by Crippen LogP contribution is -1.88. The molecule has 3 nitrogen and oxygen atoms in total. The summed E-state index contributed by atoms with van der Waals surface area (Å²) in [7, 11) is 1.89. The second-order valence-corrected chi connectivity index (χ2v) is 3.64. The van der Waals surface area contributed by atoms with Crippen LogP contribution in [0.1, 0.15) is 0 Å². The van der Waals surface area contributed by atoms with Crippen molar-refractivity contribution < 1.29 is 5.11 Å². The van der Waals surface area contributed by atoms with Crippen molar-refractivity contribution in [3.8, 4) is 5.75 Å². The fourth-order valence-corrected chi connectivity index (χ4v) is 1.97. The van der Waals surface area contributed by atoms with Crippen LogP contribution >= 0.6 is 22.6 Å². The van der Waals surface area contributed by atoms with Gasteiger partial charge in [-0.05, 0) is 40.8 Å². The zero-order chi connectivity index (χ0) is 8.72. The zero-order valence-corrected chi connectivity index (χ0v) is 8.61. The van der Waals surface area contributed by atoms with E-state index in [0.717, 1.165) is 14.6 Å². The van der Waals surface area contributed by atoms with Gasteiger partial charge < -0.3 is 5.11 Å². The number of aryl methyl sites for hydroxylation is 1. The first kappa shape index (κ1) is 7.85. The van der Waals surface area contributed by atoms with E-state index in [-0.39, 0.29) is 5.75 Å². The lowest BCUT2D eigenvalue weighted by atomic mass is 10.2. The van der Waals surface area contributed by atoms with Crippen LogP contribution in [0.3, 0.4) is 0 Å². The van der Waals surface area contributed by atoms with Gasteiger partial charge in [0, 0.05) is 12.4 Å². The Morgan fingerprint density at radius 1 is 1.50 bits per heavy atom. The fraction of sp³-hybridized carbons (Fsp3) is 0.125. The molecule has 1 aromatic heterocycles. The van der Waals surface area contributed by atoms with E-state index in [1.165, 1.54) is 0 Å². The molecule has 2 aromatic rings. The third-order valence-electron chi connectivity index (χ3n) is 1.79. The number of nitrogens with zero attached hydrogens (tertiary/aromatic N) is 2. The fourth-order valence-electron chi connectivity index (χ4n) is 1.21. The highest BCUT2D eigenvalue weighted by Gasteiger charge is 2.05. The molecule has 0 unspecified atom stereocenters. The highest BCUT2D eigenvalue weighted by molar-refractivity contribution is 14.1. The number of aromatic hydroxyl groups is 1. The molecule has 0 spiro atoms. The molecule has 4 heteroatoms. The molecule has 0 aliphatic rings. The summed E-state index contributed by atoms with van der Waals surface area (Å²) in [6.07, 6.45) is 0. The lowest BCUT2D eigenvalue weighted by Gasteiger charge is -1.93. The minimum atomic E-state index is 0.286. The first-order valence-electron chi connectivity index (χ1n) is 3.50. The van der Waals surface area contributed by atoms with Gasteiger partial charge in [0.2, 0.25) is 0 Å². The zero-order valence-electron chi connectivity index (χ0n) is 6.45. The van der Waals surface area contributed by atoms with Gasteiger partial charge in [-0.15, -0.1) is 0 Å². The summed E-state index contributed by atoms with van der Waals surface area (Å²) in [6, 6.07) is 5.25. The Labute approximate surface area is 83.1 Å². The number of hydrogen-bond acceptors (Lipinski definition) is 2. The van der Waals surface area contributed by atoms with E-state index < -0.39 is 0 Å². The largest absolute Gasteiger partial charge is 0.508 e. The van der Waals surface area contributed by atoms with Crippen molar-refractivity contribution in [1.82, 2.24) is 9.78 Å². The number of halogens is 1. The molecule has 0 amide bonds. The quantitative estimate of drug-likeness (QED) is 0.745. The summed E-state index contributed by atoms with van der Waals surface area (Å²) in [5.74, 6) is 0.286. The summed E-state index contributed by atoms with van der Waals surface area (Å²) in [4.78, 5) is 0. The number of hydrogen-bond donors (Lipinski definition) is 1. The van der Waals surface area contributed by atoms with E-state index in [0.29, 0.717) is 0 Å². The number of aromatic nitrogens is 2. The second kappa shape index (κ2) is 2.62. The SMILES string of the molecule is Cn1nc(I)c2cc(O)ccc21. The molecule has 0 saturated carbocycles. The average Bonchev–Trinajstić information content (AvgIpc) is 2.28. The number of fused-ring (bicyclic) bond motifs is 1. The van der Waals surface area contributed by atoms with Crippen molar-refractivity contribution in [2.75, 3.05) is 0 Å². The van der Waals surface area contributed by atoms with E-state index >= 15 is 0 Å². The van der Waals surface area contributed by atoms with E-state index in [1.807, 2.05) is 13.1 Å². The maximum Gasteiger partial charge on any atom is 0.131 e. The van der Waals surface area contributed by atoms with Gasteiger partial charge in [-0.2, -0.15) is 5.10 Å². The monoisotopic (exact) mass is 274 g/mol. The Hall–Kier alpha value is -0.780. The molecule has 0 radical (unpaired) electrons. The maximum atomic E-state index is 9.22. The van der Waals surface area contributed by atoms with Gasteiger partial charge in [-0.3, -0.25) is 4.68 Å². The Bertz CT molecular complexity index is 436. The molecule has 1 aromatic carbocycles. The van der Waals surface area contributed by atoms with E-state index in [9.17, 15) is 5.11 Å². The van der Waals surface area contributed by atoms with Crippen LogP contribution in [0.4, 0.5) is 0 Å². The van der Waals surface area contributed by atoms with Gasteiger partial charge in [-0.1, -0.05) is 0 Å². The standard InChI is InChI=1S/C8H7IN2O/c1-11-7-3-2-5(12)4-6(7)8(9)10-11/h2-4,12H,1H3. The first-order chi connectivity index (χ1) is 5.68. The van der Waals surface area contributed by atoms with Crippen LogP contribution < -0.4 is 0 Å².